The van der Waals surface area contributed by atoms with Gasteiger partial charge < -0.3 is 10.0 Å². The number of rotatable bonds is 2. The van der Waals surface area contributed by atoms with E-state index < -0.39 is 23.1 Å². The third kappa shape index (κ3) is 2.58. The average Bonchev–Trinajstić information content (AvgIpc) is 2.73. The number of halogens is 2. The number of hydrogen-bond donors (Lipinski definition) is 1. The Balaban J connectivity index is 2.25. The first-order valence-electron chi connectivity index (χ1n) is 5.82. The lowest BCUT2D eigenvalue weighted by molar-refractivity contribution is -0.147. The summed E-state index contributed by atoms with van der Waals surface area (Å²) in [6.07, 6.45) is 0.388. The summed E-state index contributed by atoms with van der Waals surface area (Å²) in [5.41, 5.74) is -0.912. The molecule has 1 unspecified atom stereocenters. The molecule has 4 nitrogen and oxygen atoms in total. The molecule has 0 spiro atoms. The Morgan fingerprint density at radius 3 is 2.68 bits per heavy atom. The van der Waals surface area contributed by atoms with Crippen molar-refractivity contribution in [3.8, 4) is 0 Å². The van der Waals surface area contributed by atoms with Crippen LogP contribution in [0.25, 0.3) is 0 Å². The first kappa shape index (κ1) is 14.2. The highest BCUT2D eigenvalue weighted by Crippen LogP contribution is 2.31. The van der Waals surface area contributed by atoms with Gasteiger partial charge in [0.25, 0.3) is 5.91 Å². The molecule has 1 aromatic rings. The fourth-order valence-electron chi connectivity index (χ4n) is 2.17. The van der Waals surface area contributed by atoms with E-state index in [1.807, 2.05) is 22.6 Å². The Bertz CT molecular complexity index is 528. The normalized spacial score (nSPS) is 22.6. The predicted octanol–water partition coefficient (Wildman–Crippen LogP) is 2.37. The van der Waals surface area contributed by atoms with E-state index in [9.17, 15) is 14.0 Å². The zero-order valence-electron chi connectivity index (χ0n) is 10.3. The molecule has 0 bridgehead atoms. The number of carbonyl (C=O) groups is 2. The van der Waals surface area contributed by atoms with E-state index in [0.29, 0.717) is 16.5 Å². The molecule has 1 fully saturated rings. The van der Waals surface area contributed by atoms with Gasteiger partial charge in [0.15, 0.2) is 0 Å². The molecular formula is C13H13FINO3. The lowest BCUT2D eigenvalue weighted by atomic mass is 9.90. The van der Waals surface area contributed by atoms with Crippen LogP contribution in [0, 0.1) is 14.8 Å². The zero-order chi connectivity index (χ0) is 14.2. The van der Waals surface area contributed by atoms with Crippen molar-refractivity contribution in [3.63, 3.8) is 0 Å². The van der Waals surface area contributed by atoms with Crippen LogP contribution in [0.15, 0.2) is 18.2 Å². The number of aliphatic carboxylic acids is 1. The van der Waals surface area contributed by atoms with E-state index in [4.69, 9.17) is 5.11 Å². The van der Waals surface area contributed by atoms with Crippen molar-refractivity contribution in [1.29, 1.82) is 0 Å². The molecule has 1 N–H and O–H groups in total. The van der Waals surface area contributed by atoms with Crippen molar-refractivity contribution in [3.05, 3.63) is 33.1 Å². The van der Waals surface area contributed by atoms with Crippen LogP contribution < -0.4 is 0 Å². The first-order chi connectivity index (χ1) is 8.85. The molecular weight excluding hydrogens is 364 g/mol. The van der Waals surface area contributed by atoms with Crippen LogP contribution >= 0.6 is 22.6 Å². The fraction of sp³-hybridized carbons (Fsp3) is 0.385. The molecule has 1 atom stereocenters. The second kappa shape index (κ2) is 5.07. The van der Waals surface area contributed by atoms with Crippen LogP contribution in [0.4, 0.5) is 4.39 Å². The van der Waals surface area contributed by atoms with Gasteiger partial charge in [0.05, 0.1) is 11.0 Å². The molecule has 0 saturated carbocycles. The Morgan fingerprint density at radius 1 is 1.47 bits per heavy atom. The van der Waals surface area contributed by atoms with Gasteiger partial charge in [-0.2, -0.15) is 0 Å². The van der Waals surface area contributed by atoms with Crippen molar-refractivity contribution in [2.24, 2.45) is 5.41 Å². The molecule has 1 aliphatic rings. The summed E-state index contributed by atoms with van der Waals surface area (Å²) in [6, 6.07) is 4.43. The number of carboxylic acid groups (broad SMARTS) is 1. The van der Waals surface area contributed by atoms with E-state index in [1.54, 1.807) is 19.1 Å². The number of nitrogens with zero attached hydrogens (tertiary/aromatic N) is 1. The summed E-state index contributed by atoms with van der Waals surface area (Å²) < 4.78 is 14.3. The van der Waals surface area contributed by atoms with E-state index in [1.165, 1.54) is 11.0 Å². The lowest BCUT2D eigenvalue weighted by Gasteiger charge is -2.20. The highest BCUT2D eigenvalue weighted by Gasteiger charge is 2.42. The number of hydrogen-bond acceptors (Lipinski definition) is 2. The van der Waals surface area contributed by atoms with Crippen LogP contribution in [0.5, 0.6) is 0 Å². The van der Waals surface area contributed by atoms with Crippen molar-refractivity contribution in [2.45, 2.75) is 13.3 Å². The van der Waals surface area contributed by atoms with E-state index in [0.717, 1.165) is 0 Å². The van der Waals surface area contributed by atoms with E-state index >= 15 is 0 Å². The fourth-order valence-corrected chi connectivity index (χ4v) is 2.87. The van der Waals surface area contributed by atoms with Gasteiger partial charge in [-0.3, -0.25) is 9.59 Å². The summed E-state index contributed by atoms with van der Waals surface area (Å²) >= 11 is 1.91. The molecule has 102 valence electrons. The Morgan fingerprint density at radius 2 is 2.16 bits per heavy atom. The van der Waals surface area contributed by atoms with Gasteiger partial charge in [0.1, 0.15) is 5.82 Å². The molecule has 1 heterocycles. The Kier molecular flexibility index (Phi) is 3.80. The molecule has 0 radical (unpaired) electrons. The number of amides is 1. The van der Waals surface area contributed by atoms with Crippen molar-refractivity contribution in [2.75, 3.05) is 13.1 Å². The van der Waals surface area contributed by atoms with E-state index in [2.05, 4.69) is 0 Å². The maximum absolute atomic E-state index is 13.7. The van der Waals surface area contributed by atoms with Crippen LogP contribution in [0.1, 0.15) is 23.7 Å². The van der Waals surface area contributed by atoms with Gasteiger partial charge in [-0.15, -0.1) is 0 Å². The van der Waals surface area contributed by atoms with Gasteiger partial charge in [-0.05, 0) is 48.1 Å². The molecule has 6 heteroatoms. The van der Waals surface area contributed by atoms with Gasteiger partial charge in [-0.1, -0.05) is 6.07 Å². The standard InChI is InChI=1S/C13H13FINO3/c1-13(12(18)19)5-6-16(7-13)11(17)10-8(14)3-2-4-9(10)15/h2-4H,5-7H2,1H3,(H,18,19). The van der Waals surface area contributed by atoms with Crippen molar-refractivity contribution >= 4 is 34.5 Å². The van der Waals surface area contributed by atoms with Gasteiger partial charge in [-0.25, -0.2) is 4.39 Å². The predicted molar refractivity (Wildman–Crippen MR) is 75.4 cm³/mol. The summed E-state index contributed by atoms with van der Waals surface area (Å²) in [5, 5.41) is 9.14. The number of likely N-dealkylation sites (tertiary alicyclic amines) is 1. The van der Waals surface area contributed by atoms with Crippen LogP contribution in [-0.2, 0) is 4.79 Å². The van der Waals surface area contributed by atoms with E-state index in [-0.39, 0.29) is 12.1 Å². The third-order valence-corrected chi connectivity index (χ3v) is 4.35. The van der Waals surface area contributed by atoms with Crippen LogP contribution in [-0.4, -0.2) is 35.0 Å². The minimum Gasteiger partial charge on any atom is -0.481 e. The molecule has 1 saturated heterocycles. The van der Waals surface area contributed by atoms with Crippen molar-refractivity contribution < 1.29 is 19.1 Å². The van der Waals surface area contributed by atoms with Gasteiger partial charge in [0, 0.05) is 16.7 Å². The van der Waals surface area contributed by atoms with Crippen LogP contribution in [0.2, 0.25) is 0 Å². The molecule has 1 aliphatic heterocycles. The highest BCUT2D eigenvalue weighted by molar-refractivity contribution is 14.1. The maximum Gasteiger partial charge on any atom is 0.311 e. The first-order valence-corrected chi connectivity index (χ1v) is 6.90. The van der Waals surface area contributed by atoms with Gasteiger partial charge >= 0.3 is 5.97 Å². The Hall–Kier alpha value is -1.18. The monoisotopic (exact) mass is 377 g/mol. The highest BCUT2D eigenvalue weighted by atomic mass is 127. The largest absolute Gasteiger partial charge is 0.481 e. The molecule has 1 amide bonds. The summed E-state index contributed by atoms with van der Waals surface area (Å²) in [4.78, 5) is 24.8. The summed E-state index contributed by atoms with van der Waals surface area (Å²) in [5.74, 6) is -1.93. The smallest absolute Gasteiger partial charge is 0.311 e. The molecule has 0 aliphatic carbocycles. The molecule has 19 heavy (non-hydrogen) atoms. The maximum atomic E-state index is 13.7. The topological polar surface area (TPSA) is 57.6 Å². The summed E-state index contributed by atoms with van der Waals surface area (Å²) in [6.45, 7) is 2.06. The lowest BCUT2D eigenvalue weighted by Crippen LogP contribution is -2.35. The second-order valence-electron chi connectivity index (χ2n) is 4.94. The quantitative estimate of drug-likeness (QED) is 0.806. The minimum atomic E-state index is -0.938. The second-order valence-corrected chi connectivity index (χ2v) is 6.10. The molecule has 2 rings (SSSR count). The minimum absolute atomic E-state index is 0.0257. The summed E-state index contributed by atoms with van der Waals surface area (Å²) in [7, 11) is 0. The number of carbonyl (C=O) groups excluding carboxylic acids is 1. The SMILES string of the molecule is CC1(C(=O)O)CCN(C(=O)c2c(F)cccc2I)C1. The Labute approximate surface area is 123 Å². The number of benzene rings is 1. The zero-order valence-corrected chi connectivity index (χ0v) is 12.5. The van der Waals surface area contributed by atoms with Crippen molar-refractivity contribution in [1.82, 2.24) is 4.90 Å². The third-order valence-electron chi connectivity index (χ3n) is 3.45. The molecule has 0 aromatic heterocycles. The van der Waals surface area contributed by atoms with Gasteiger partial charge in [0.2, 0.25) is 0 Å². The van der Waals surface area contributed by atoms with Crippen LogP contribution in [0.3, 0.4) is 0 Å². The number of carboxylic acids is 1. The molecule has 1 aromatic carbocycles. The average molecular weight is 377 g/mol.